The molecule has 3 rings (SSSR count). The molecule has 1 saturated carbocycles. The Morgan fingerprint density at radius 1 is 1.36 bits per heavy atom. The maximum atomic E-state index is 13.5. The van der Waals surface area contributed by atoms with Crippen molar-refractivity contribution in [3.8, 4) is 0 Å². The lowest BCUT2D eigenvalue weighted by Gasteiger charge is -2.33. The van der Waals surface area contributed by atoms with Crippen LogP contribution in [0.3, 0.4) is 0 Å². The number of nitrogens with zero attached hydrogens (tertiary/aromatic N) is 2. The second-order valence-corrected chi connectivity index (χ2v) is 6.86. The van der Waals surface area contributed by atoms with Crippen LogP contribution in [0.5, 0.6) is 0 Å². The Balaban J connectivity index is 1.61. The molecule has 0 radical (unpaired) electrons. The second kappa shape index (κ2) is 6.27. The van der Waals surface area contributed by atoms with Crippen LogP contribution >= 0.6 is 0 Å². The number of aliphatic imine (C=N–C) groups is 1. The Morgan fingerprint density at radius 3 is 2.68 bits per heavy atom. The molecule has 1 aromatic rings. The molecule has 1 aliphatic carbocycles. The van der Waals surface area contributed by atoms with E-state index in [1.165, 1.54) is 18.9 Å². The first kappa shape index (κ1) is 15.3. The predicted octanol–water partition coefficient (Wildman–Crippen LogP) is 3.16. The summed E-state index contributed by atoms with van der Waals surface area (Å²) in [6, 6.07) is 7.05. The molecule has 0 bridgehead atoms. The molecule has 120 valence electrons. The molecule has 4 heteroatoms. The van der Waals surface area contributed by atoms with E-state index in [-0.39, 0.29) is 11.2 Å². The van der Waals surface area contributed by atoms with Crippen molar-refractivity contribution in [2.24, 2.45) is 10.9 Å². The molecule has 0 spiro atoms. The third kappa shape index (κ3) is 3.26. The van der Waals surface area contributed by atoms with Crippen LogP contribution in [0.1, 0.15) is 38.2 Å². The van der Waals surface area contributed by atoms with E-state index in [4.69, 9.17) is 0 Å². The zero-order valence-corrected chi connectivity index (χ0v) is 13.6. The highest BCUT2D eigenvalue weighted by Gasteiger charge is 2.44. The van der Waals surface area contributed by atoms with Crippen LogP contribution in [0.25, 0.3) is 0 Å². The summed E-state index contributed by atoms with van der Waals surface area (Å²) in [6.07, 6.45) is 4.71. The van der Waals surface area contributed by atoms with Crippen LogP contribution in [0.4, 0.5) is 4.39 Å². The van der Waals surface area contributed by atoms with E-state index >= 15 is 0 Å². The number of piperidine rings is 1. The molecule has 2 aliphatic rings. The first-order valence-electron chi connectivity index (χ1n) is 8.35. The van der Waals surface area contributed by atoms with E-state index in [1.54, 1.807) is 6.07 Å². The lowest BCUT2D eigenvalue weighted by molar-refractivity contribution is 0.273. The number of likely N-dealkylation sites (tertiary alicyclic amines) is 1. The van der Waals surface area contributed by atoms with Gasteiger partial charge in [-0.2, -0.15) is 0 Å². The minimum Gasteiger partial charge on any atom is -0.355 e. The fraction of sp³-hybridized carbons (Fsp3) is 0.611. The Labute approximate surface area is 132 Å². The molecular weight excluding hydrogens is 277 g/mol. The molecule has 0 atom stereocenters. The van der Waals surface area contributed by atoms with Gasteiger partial charge in [0.05, 0.1) is 0 Å². The van der Waals surface area contributed by atoms with Crippen LogP contribution in [0, 0.1) is 11.7 Å². The van der Waals surface area contributed by atoms with Gasteiger partial charge < -0.3 is 10.2 Å². The van der Waals surface area contributed by atoms with Gasteiger partial charge in [0.1, 0.15) is 5.82 Å². The summed E-state index contributed by atoms with van der Waals surface area (Å²) in [7, 11) is 1.85. The van der Waals surface area contributed by atoms with Gasteiger partial charge in [0.25, 0.3) is 0 Å². The zero-order chi connectivity index (χ0) is 15.6. The molecule has 1 saturated heterocycles. The van der Waals surface area contributed by atoms with Crippen molar-refractivity contribution in [2.75, 3.05) is 26.7 Å². The largest absolute Gasteiger partial charge is 0.355 e. The highest BCUT2D eigenvalue weighted by molar-refractivity contribution is 5.80. The number of halogens is 1. The van der Waals surface area contributed by atoms with Crippen molar-refractivity contribution in [2.45, 2.75) is 38.0 Å². The van der Waals surface area contributed by atoms with Gasteiger partial charge in [-0.05, 0) is 49.3 Å². The van der Waals surface area contributed by atoms with Crippen molar-refractivity contribution in [3.05, 3.63) is 35.6 Å². The monoisotopic (exact) mass is 303 g/mol. The summed E-state index contributed by atoms with van der Waals surface area (Å²) < 4.78 is 13.5. The second-order valence-electron chi connectivity index (χ2n) is 6.86. The Hall–Kier alpha value is -1.58. The van der Waals surface area contributed by atoms with Gasteiger partial charge in [-0.3, -0.25) is 4.99 Å². The van der Waals surface area contributed by atoms with Crippen LogP contribution in [0.15, 0.2) is 29.3 Å². The summed E-state index contributed by atoms with van der Waals surface area (Å²) in [6.45, 7) is 5.31. The quantitative estimate of drug-likeness (QED) is 0.686. The van der Waals surface area contributed by atoms with Crippen LogP contribution in [0.2, 0.25) is 0 Å². The first-order chi connectivity index (χ1) is 10.6. The van der Waals surface area contributed by atoms with Gasteiger partial charge >= 0.3 is 0 Å². The molecule has 0 unspecified atom stereocenters. The third-order valence-electron chi connectivity index (χ3n) is 5.17. The number of guanidine groups is 1. The van der Waals surface area contributed by atoms with Crippen LogP contribution in [-0.4, -0.2) is 37.5 Å². The lowest BCUT2D eigenvalue weighted by atomic mass is 9.96. The molecule has 22 heavy (non-hydrogen) atoms. The van der Waals surface area contributed by atoms with E-state index in [9.17, 15) is 4.39 Å². The first-order valence-corrected chi connectivity index (χ1v) is 8.35. The van der Waals surface area contributed by atoms with Crippen LogP contribution < -0.4 is 5.32 Å². The number of rotatable bonds is 3. The molecule has 0 amide bonds. The van der Waals surface area contributed by atoms with Crippen molar-refractivity contribution in [1.82, 2.24) is 10.2 Å². The van der Waals surface area contributed by atoms with E-state index in [1.807, 2.05) is 19.2 Å². The number of hydrogen-bond donors (Lipinski definition) is 1. The maximum absolute atomic E-state index is 13.5. The fourth-order valence-electron chi connectivity index (χ4n) is 3.34. The molecular formula is C18H26FN3. The zero-order valence-electron chi connectivity index (χ0n) is 13.6. The molecule has 1 aromatic carbocycles. The lowest BCUT2D eigenvalue weighted by Crippen LogP contribution is -2.47. The van der Waals surface area contributed by atoms with Crippen molar-refractivity contribution in [1.29, 1.82) is 0 Å². The normalized spacial score (nSPS) is 21.8. The Kier molecular flexibility index (Phi) is 4.37. The standard InChI is InChI=1S/C18H26FN3/c1-14-6-10-22(11-7-14)17(20-2)21-13-18(8-9-18)15-4-3-5-16(19)12-15/h3-5,12,14H,6-11,13H2,1-2H3,(H,20,21). The molecule has 2 fully saturated rings. The number of hydrogen-bond acceptors (Lipinski definition) is 1. The van der Waals surface area contributed by atoms with Crippen molar-refractivity contribution < 1.29 is 4.39 Å². The van der Waals surface area contributed by atoms with Gasteiger partial charge in [-0.15, -0.1) is 0 Å². The highest BCUT2D eigenvalue weighted by atomic mass is 19.1. The molecule has 0 aromatic heterocycles. The van der Waals surface area contributed by atoms with Gasteiger partial charge in [0, 0.05) is 32.1 Å². The van der Waals surface area contributed by atoms with Gasteiger partial charge in [0.2, 0.25) is 0 Å². The summed E-state index contributed by atoms with van der Waals surface area (Å²) in [5, 5.41) is 3.53. The topological polar surface area (TPSA) is 27.6 Å². The Bertz CT molecular complexity index is 543. The highest BCUT2D eigenvalue weighted by Crippen LogP contribution is 2.47. The molecule has 1 N–H and O–H groups in total. The third-order valence-corrected chi connectivity index (χ3v) is 5.17. The summed E-state index contributed by atoms with van der Waals surface area (Å²) in [5.41, 5.74) is 1.21. The molecule has 1 aliphatic heterocycles. The number of nitrogens with one attached hydrogen (secondary N) is 1. The Morgan fingerprint density at radius 2 is 2.09 bits per heavy atom. The van der Waals surface area contributed by atoms with E-state index in [0.717, 1.165) is 49.9 Å². The SMILES string of the molecule is CN=C(NCC1(c2cccc(F)c2)CC1)N1CCC(C)CC1. The van der Waals surface area contributed by atoms with E-state index < -0.39 is 0 Å². The van der Waals surface area contributed by atoms with E-state index in [2.05, 4.69) is 22.1 Å². The van der Waals surface area contributed by atoms with Gasteiger partial charge in [-0.1, -0.05) is 19.1 Å². The summed E-state index contributed by atoms with van der Waals surface area (Å²) in [5.74, 6) is 1.67. The average Bonchev–Trinajstić information content (AvgIpc) is 3.31. The van der Waals surface area contributed by atoms with Crippen molar-refractivity contribution in [3.63, 3.8) is 0 Å². The minimum absolute atomic E-state index is 0.0983. The number of benzene rings is 1. The molecule has 3 nitrogen and oxygen atoms in total. The summed E-state index contributed by atoms with van der Waals surface area (Å²) in [4.78, 5) is 6.79. The average molecular weight is 303 g/mol. The van der Waals surface area contributed by atoms with Crippen LogP contribution in [-0.2, 0) is 5.41 Å². The van der Waals surface area contributed by atoms with Crippen molar-refractivity contribution >= 4 is 5.96 Å². The predicted molar refractivity (Wildman–Crippen MR) is 88.6 cm³/mol. The smallest absolute Gasteiger partial charge is 0.193 e. The minimum atomic E-state index is -0.141. The van der Waals surface area contributed by atoms with Gasteiger partial charge in [0.15, 0.2) is 5.96 Å². The molecule has 1 heterocycles. The summed E-state index contributed by atoms with van der Waals surface area (Å²) >= 11 is 0. The fourth-order valence-corrected chi connectivity index (χ4v) is 3.34. The van der Waals surface area contributed by atoms with E-state index in [0.29, 0.717) is 0 Å². The maximum Gasteiger partial charge on any atom is 0.193 e. The van der Waals surface area contributed by atoms with Gasteiger partial charge in [-0.25, -0.2) is 4.39 Å².